The first-order valence-corrected chi connectivity index (χ1v) is 11.3. The summed E-state index contributed by atoms with van der Waals surface area (Å²) in [6.45, 7) is 1.81. The number of ether oxygens (including phenoxy) is 1. The largest absolute Gasteiger partial charge is 0.539 e. The van der Waals surface area contributed by atoms with Crippen molar-refractivity contribution in [1.29, 1.82) is 5.26 Å². The Morgan fingerprint density at radius 1 is 1.19 bits per heavy atom. The SMILES string of the molecule is COc1ccc(-[n+]2noc([O-])c2C(=O)c2sc3nc(N)c(C#N)c(-c4cccc(C)n4)c3c2N)cc1. The molecule has 0 bridgehead atoms. The highest BCUT2D eigenvalue weighted by Crippen LogP contribution is 2.43. The van der Waals surface area contributed by atoms with E-state index in [0.717, 1.165) is 16.0 Å². The zero-order chi connectivity index (χ0) is 25.6. The van der Waals surface area contributed by atoms with Crippen LogP contribution in [-0.4, -0.2) is 28.1 Å². The van der Waals surface area contributed by atoms with Gasteiger partial charge >= 0.3 is 5.69 Å². The van der Waals surface area contributed by atoms with Gasteiger partial charge in [0.2, 0.25) is 5.69 Å². The minimum Gasteiger partial charge on any atom is -0.539 e. The number of thiophene rings is 1. The molecule has 0 radical (unpaired) electrons. The fourth-order valence-electron chi connectivity index (χ4n) is 3.83. The summed E-state index contributed by atoms with van der Waals surface area (Å²) in [4.78, 5) is 22.8. The summed E-state index contributed by atoms with van der Waals surface area (Å²) in [5.74, 6) is -1.08. The molecule has 0 spiro atoms. The molecule has 4 N–H and O–H groups in total. The van der Waals surface area contributed by atoms with Gasteiger partial charge in [-0.05, 0) is 35.9 Å². The summed E-state index contributed by atoms with van der Waals surface area (Å²) in [7, 11) is 1.52. The number of nitrogens with two attached hydrogens (primary N) is 2. The van der Waals surface area contributed by atoms with Gasteiger partial charge in [-0.25, -0.2) is 4.98 Å². The van der Waals surface area contributed by atoms with Crippen LogP contribution < -0.4 is 26.0 Å². The van der Waals surface area contributed by atoms with Crippen molar-refractivity contribution in [2.45, 2.75) is 6.92 Å². The lowest BCUT2D eigenvalue weighted by Crippen LogP contribution is -2.39. The van der Waals surface area contributed by atoms with Crippen LogP contribution in [0.3, 0.4) is 0 Å². The molecule has 0 aliphatic carbocycles. The molecule has 11 nitrogen and oxygen atoms in total. The third-order valence-corrected chi connectivity index (χ3v) is 6.61. The number of fused-ring (bicyclic) bond motifs is 1. The van der Waals surface area contributed by atoms with Gasteiger partial charge in [-0.15, -0.1) is 11.3 Å². The number of rotatable bonds is 5. The minimum atomic E-state index is -0.932. The number of ketones is 1. The number of anilines is 2. The maximum Gasteiger partial charge on any atom is 0.312 e. The molecule has 4 aromatic heterocycles. The van der Waals surface area contributed by atoms with Crippen LogP contribution in [0, 0.1) is 18.3 Å². The van der Waals surface area contributed by atoms with Gasteiger partial charge < -0.3 is 25.8 Å². The van der Waals surface area contributed by atoms with Gasteiger partial charge in [-0.2, -0.15) is 5.26 Å². The molecule has 0 saturated carbocycles. The number of carbonyl (C=O) groups excluding carboxylic acids is 1. The molecule has 0 saturated heterocycles. The summed E-state index contributed by atoms with van der Waals surface area (Å²) >= 11 is 0.951. The third kappa shape index (κ3) is 3.55. The first-order chi connectivity index (χ1) is 17.3. The van der Waals surface area contributed by atoms with Crippen LogP contribution in [0.2, 0.25) is 0 Å². The minimum absolute atomic E-state index is 0.0219. The number of hydrogen-bond donors (Lipinski definition) is 2. The number of carbonyl (C=O) groups is 1. The highest BCUT2D eigenvalue weighted by atomic mass is 32.1. The van der Waals surface area contributed by atoms with E-state index < -0.39 is 11.7 Å². The van der Waals surface area contributed by atoms with Crippen LogP contribution in [0.5, 0.6) is 11.7 Å². The number of nitriles is 1. The highest BCUT2D eigenvalue weighted by Gasteiger charge is 2.33. The van der Waals surface area contributed by atoms with Gasteiger partial charge in [0.15, 0.2) is 5.95 Å². The van der Waals surface area contributed by atoms with Crippen LogP contribution in [0.15, 0.2) is 47.0 Å². The fraction of sp³-hybridized carbons (Fsp3) is 0.0833. The van der Waals surface area contributed by atoms with E-state index in [9.17, 15) is 15.2 Å². The molecule has 0 fully saturated rings. The maximum absolute atomic E-state index is 13.6. The Morgan fingerprint density at radius 3 is 2.61 bits per heavy atom. The Bertz CT molecular complexity index is 1700. The number of methoxy groups -OCH3 is 1. The molecule has 12 heteroatoms. The summed E-state index contributed by atoms with van der Waals surface area (Å²) in [5.41, 5.74) is 14.3. The van der Waals surface area contributed by atoms with Gasteiger partial charge in [0, 0.05) is 28.8 Å². The van der Waals surface area contributed by atoms with Crippen molar-refractivity contribution in [3.63, 3.8) is 0 Å². The van der Waals surface area contributed by atoms with Crippen molar-refractivity contribution < 1.29 is 23.8 Å². The molecule has 36 heavy (non-hydrogen) atoms. The first-order valence-electron chi connectivity index (χ1n) is 10.5. The third-order valence-electron chi connectivity index (χ3n) is 5.51. The Labute approximate surface area is 207 Å². The molecule has 0 aliphatic heterocycles. The lowest BCUT2D eigenvalue weighted by molar-refractivity contribution is -0.672. The van der Waals surface area contributed by atoms with E-state index in [1.807, 2.05) is 13.0 Å². The van der Waals surface area contributed by atoms with Gasteiger partial charge in [-0.1, -0.05) is 6.07 Å². The van der Waals surface area contributed by atoms with Crippen LogP contribution >= 0.6 is 11.3 Å². The van der Waals surface area contributed by atoms with Gasteiger partial charge in [-0.3, -0.25) is 9.78 Å². The molecule has 5 rings (SSSR count). The fourth-order valence-corrected chi connectivity index (χ4v) is 4.89. The zero-order valence-electron chi connectivity index (χ0n) is 19.0. The molecule has 178 valence electrons. The smallest absolute Gasteiger partial charge is 0.312 e. The number of benzene rings is 1. The molecule has 0 aliphatic rings. The lowest BCUT2D eigenvalue weighted by atomic mass is 10.0. The van der Waals surface area contributed by atoms with E-state index in [1.165, 1.54) is 7.11 Å². The molecule has 4 heterocycles. The maximum atomic E-state index is 13.6. The highest BCUT2D eigenvalue weighted by molar-refractivity contribution is 7.21. The first kappa shape index (κ1) is 22.8. The molecule has 0 atom stereocenters. The number of nitrogens with zero attached hydrogens (tertiary/aromatic N) is 5. The molecule has 5 aromatic rings. The molecule has 0 amide bonds. The lowest BCUT2D eigenvalue weighted by Gasteiger charge is -2.09. The van der Waals surface area contributed by atoms with Crippen LogP contribution in [0.25, 0.3) is 27.2 Å². The quantitative estimate of drug-likeness (QED) is 0.269. The predicted octanol–water partition coefficient (Wildman–Crippen LogP) is 2.28. The summed E-state index contributed by atoms with van der Waals surface area (Å²) < 4.78 is 11.1. The molecule has 0 unspecified atom stereocenters. The van der Waals surface area contributed by atoms with Gasteiger partial charge in [0.25, 0.3) is 5.78 Å². The van der Waals surface area contributed by atoms with Gasteiger partial charge in [0.1, 0.15) is 32.9 Å². The predicted molar refractivity (Wildman–Crippen MR) is 129 cm³/mol. The number of aromatic nitrogens is 4. The van der Waals surface area contributed by atoms with E-state index >= 15 is 0 Å². The zero-order valence-corrected chi connectivity index (χ0v) is 19.8. The molecular formula is C24H17N7O4S. The van der Waals surface area contributed by atoms with Crippen molar-refractivity contribution in [1.82, 2.24) is 15.2 Å². The van der Waals surface area contributed by atoms with Crippen molar-refractivity contribution in [2.24, 2.45) is 0 Å². The number of pyridine rings is 2. The van der Waals surface area contributed by atoms with Crippen molar-refractivity contribution in [3.8, 4) is 34.7 Å². The molecular weight excluding hydrogens is 482 g/mol. The van der Waals surface area contributed by atoms with Gasteiger partial charge in [0.05, 0.1) is 23.8 Å². The van der Waals surface area contributed by atoms with Crippen molar-refractivity contribution >= 4 is 38.8 Å². The van der Waals surface area contributed by atoms with E-state index in [-0.39, 0.29) is 27.6 Å². The number of hydrogen-bond acceptors (Lipinski definition) is 11. The standard InChI is InChI=1S/C24H17N7O4S/c1-11-4-3-5-15(28-11)16-14(10-25)22(27)29-23-17(16)18(26)21(36-23)20(32)19-24(33)35-30-31(19)12-6-8-13(34-2)9-7-12/h3-9H,1-2H3,(H4-,26,27,29,30,32,33). The van der Waals surface area contributed by atoms with Crippen molar-refractivity contribution in [3.05, 3.63) is 64.3 Å². The van der Waals surface area contributed by atoms with Crippen LogP contribution in [-0.2, 0) is 0 Å². The normalized spacial score (nSPS) is 10.9. The Morgan fingerprint density at radius 2 is 1.94 bits per heavy atom. The number of aryl methyl sites for hydroxylation is 1. The number of nitrogen functional groups attached to an aromatic ring is 2. The summed E-state index contributed by atoms with van der Waals surface area (Å²) in [6.07, 6.45) is 0. The van der Waals surface area contributed by atoms with Crippen LogP contribution in [0.1, 0.15) is 26.6 Å². The van der Waals surface area contributed by atoms with Crippen LogP contribution in [0.4, 0.5) is 11.5 Å². The summed E-state index contributed by atoms with van der Waals surface area (Å²) in [6, 6.07) is 13.9. The monoisotopic (exact) mass is 499 g/mol. The average Bonchev–Trinajstić information content (AvgIpc) is 3.42. The van der Waals surface area contributed by atoms with E-state index in [0.29, 0.717) is 38.6 Å². The topological polar surface area (TPSA) is 181 Å². The Balaban J connectivity index is 1.72. The average molecular weight is 500 g/mol. The Kier molecular flexibility index (Phi) is 5.46. The Hall–Kier alpha value is -5.02. The molecule has 1 aromatic carbocycles. The summed E-state index contributed by atoms with van der Waals surface area (Å²) in [5, 5.41) is 26.4. The van der Waals surface area contributed by atoms with E-state index in [2.05, 4.69) is 21.3 Å². The second kappa shape index (κ2) is 8.64. The second-order valence-corrected chi connectivity index (χ2v) is 8.70. The van der Waals surface area contributed by atoms with Crippen molar-refractivity contribution in [2.75, 3.05) is 18.6 Å². The second-order valence-electron chi connectivity index (χ2n) is 7.70. The van der Waals surface area contributed by atoms with E-state index in [1.54, 1.807) is 36.4 Å². The van der Waals surface area contributed by atoms with E-state index in [4.69, 9.17) is 20.7 Å².